The van der Waals surface area contributed by atoms with Crippen molar-refractivity contribution in [3.8, 4) is 11.5 Å². The van der Waals surface area contributed by atoms with Crippen molar-refractivity contribution in [2.75, 3.05) is 25.7 Å². The predicted molar refractivity (Wildman–Crippen MR) is 117 cm³/mol. The van der Waals surface area contributed by atoms with Gasteiger partial charge in [-0.15, -0.1) is 0 Å². The normalized spacial score (nSPS) is 18.9. The summed E-state index contributed by atoms with van der Waals surface area (Å²) in [7, 11) is 2.70. The van der Waals surface area contributed by atoms with Crippen LogP contribution in [0.25, 0.3) is 0 Å². The number of aliphatic hydroxyl groups is 1. The summed E-state index contributed by atoms with van der Waals surface area (Å²) < 4.78 is 96.1. The van der Waals surface area contributed by atoms with E-state index in [1.165, 1.54) is 31.3 Å². The Morgan fingerprint density at radius 2 is 1.53 bits per heavy atom. The first kappa shape index (κ1) is 27.4. The number of carbonyl (C=O) groups is 1. The molecule has 0 saturated heterocycles. The zero-order chi connectivity index (χ0) is 27.0. The molecule has 198 valence electrons. The number of hydrogen-bond donors (Lipinski definition) is 1. The van der Waals surface area contributed by atoms with E-state index < -0.39 is 53.2 Å². The summed E-state index contributed by atoms with van der Waals surface area (Å²) in [6.07, 6.45) is -12.6. The van der Waals surface area contributed by atoms with Crippen molar-refractivity contribution < 1.29 is 50.5 Å². The Balaban J connectivity index is 2.20. The van der Waals surface area contributed by atoms with Crippen LogP contribution in [0.1, 0.15) is 54.5 Å². The Kier molecular flexibility index (Phi) is 7.68. The highest BCUT2D eigenvalue weighted by molar-refractivity contribution is 5.91. The number of fused-ring (bicyclic) bond motifs is 1. The van der Waals surface area contributed by atoms with E-state index in [0.29, 0.717) is 12.1 Å². The largest absolute Gasteiger partial charge is 0.493 e. The molecule has 3 rings (SSSR count). The number of aliphatic hydroxyl groups excluding tert-OH is 1. The summed E-state index contributed by atoms with van der Waals surface area (Å²) in [6.45, 7) is 3.31. The van der Waals surface area contributed by atoms with Gasteiger partial charge in [-0.05, 0) is 55.7 Å². The van der Waals surface area contributed by atoms with Crippen molar-refractivity contribution >= 4 is 11.8 Å². The fourth-order valence-corrected chi connectivity index (χ4v) is 4.38. The lowest BCUT2D eigenvalue weighted by Gasteiger charge is -2.40. The van der Waals surface area contributed by atoms with Gasteiger partial charge in [0.05, 0.1) is 43.7 Å². The highest BCUT2D eigenvalue weighted by Crippen LogP contribution is 2.49. The highest BCUT2D eigenvalue weighted by Gasteiger charge is 2.42. The fraction of sp³-hybridized carbons (Fsp3) is 0.458. The van der Waals surface area contributed by atoms with E-state index in [4.69, 9.17) is 14.2 Å². The third-order valence-corrected chi connectivity index (χ3v) is 6.02. The van der Waals surface area contributed by atoms with E-state index >= 15 is 0 Å². The van der Waals surface area contributed by atoms with Gasteiger partial charge in [0.15, 0.2) is 11.5 Å². The van der Waals surface area contributed by atoms with Crippen LogP contribution in [0.3, 0.4) is 0 Å². The van der Waals surface area contributed by atoms with Crippen molar-refractivity contribution in [3.63, 3.8) is 0 Å². The second-order valence-electron chi connectivity index (χ2n) is 8.31. The Hall–Kier alpha value is -3.15. The third kappa shape index (κ3) is 5.32. The summed E-state index contributed by atoms with van der Waals surface area (Å²) in [5, 5.41) is 11.2. The monoisotopic (exact) mass is 521 g/mol. The molecule has 1 amide bonds. The number of alkyl halides is 6. The number of benzene rings is 2. The Bertz CT molecular complexity index is 1090. The molecule has 12 heteroatoms. The summed E-state index contributed by atoms with van der Waals surface area (Å²) in [4.78, 5) is 14.0. The number of rotatable bonds is 5. The summed E-state index contributed by atoms with van der Waals surface area (Å²) in [6, 6.07) is 3.28. The topological polar surface area (TPSA) is 68.2 Å². The standard InChI is InChI=1S/C24H25F6NO5/c1-5-36-22(33)31-12(2)6-17(16-10-19(34-3)20(35-4)11-18(16)31)21(32)13-7-14(23(25,26)27)9-15(8-13)24(28,29)30/h7-12,17,21,32H,5-6H2,1-4H3/t12-,17-,21?/m0/s1. The Morgan fingerprint density at radius 3 is 2.00 bits per heavy atom. The van der Waals surface area contributed by atoms with Gasteiger partial charge in [0.2, 0.25) is 0 Å². The average molecular weight is 521 g/mol. The van der Waals surface area contributed by atoms with Crippen LogP contribution in [0.2, 0.25) is 0 Å². The molecule has 0 aromatic heterocycles. The number of anilines is 1. The molecule has 1 heterocycles. The van der Waals surface area contributed by atoms with Crippen LogP contribution in [-0.2, 0) is 17.1 Å². The quantitative estimate of drug-likeness (QED) is 0.467. The molecule has 0 fully saturated rings. The molecule has 2 aromatic rings. The van der Waals surface area contributed by atoms with Gasteiger partial charge in [0.1, 0.15) is 0 Å². The molecule has 1 unspecified atom stereocenters. The summed E-state index contributed by atoms with van der Waals surface area (Å²) in [5.74, 6) is -0.553. The number of amides is 1. The Labute approximate surface area is 203 Å². The molecule has 0 bridgehead atoms. The zero-order valence-corrected chi connectivity index (χ0v) is 19.8. The molecular formula is C24H25F6NO5. The number of hydrogen-bond acceptors (Lipinski definition) is 5. The van der Waals surface area contributed by atoms with Gasteiger partial charge in [-0.1, -0.05) is 0 Å². The smallest absolute Gasteiger partial charge is 0.416 e. The highest BCUT2D eigenvalue weighted by atomic mass is 19.4. The van der Waals surface area contributed by atoms with E-state index in [0.717, 1.165) is 0 Å². The lowest BCUT2D eigenvalue weighted by atomic mass is 9.79. The van der Waals surface area contributed by atoms with Crippen molar-refractivity contribution in [2.45, 2.75) is 50.7 Å². The van der Waals surface area contributed by atoms with Gasteiger partial charge in [-0.2, -0.15) is 26.3 Å². The number of methoxy groups -OCH3 is 2. The lowest BCUT2D eigenvalue weighted by Crippen LogP contribution is -2.44. The van der Waals surface area contributed by atoms with Gasteiger partial charge in [-0.25, -0.2) is 4.79 Å². The molecule has 0 saturated carbocycles. The van der Waals surface area contributed by atoms with Crippen LogP contribution in [0.15, 0.2) is 30.3 Å². The second kappa shape index (κ2) is 10.1. The van der Waals surface area contributed by atoms with Crippen molar-refractivity contribution in [1.29, 1.82) is 0 Å². The molecule has 0 aliphatic carbocycles. The number of carbonyl (C=O) groups excluding carboxylic acids is 1. The van der Waals surface area contributed by atoms with Crippen LogP contribution < -0.4 is 14.4 Å². The van der Waals surface area contributed by atoms with E-state index in [2.05, 4.69) is 0 Å². The number of ether oxygens (including phenoxy) is 3. The van der Waals surface area contributed by atoms with E-state index in [1.54, 1.807) is 13.8 Å². The van der Waals surface area contributed by atoms with Crippen LogP contribution in [0.5, 0.6) is 11.5 Å². The average Bonchev–Trinajstić information content (AvgIpc) is 2.80. The van der Waals surface area contributed by atoms with Gasteiger partial charge in [0, 0.05) is 18.0 Å². The zero-order valence-electron chi connectivity index (χ0n) is 19.8. The van der Waals surface area contributed by atoms with Crippen LogP contribution in [-0.4, -0.2) is 38.1 Å². The minimum atomic E-state index is -5.06. The molecule has 3 atom stereocenters. The lowest BCUT2D eigenvalue weighted by molar-refractivity contribution is -0.143. The maximum absolute atomic E-state index is 13.4. The van der Waals surface area contributed by atoms with E-state index in [9.17, 15) is 36.2 Å². The molecule has 0 spiro atoms. The van der Waals surface area contributed by atoms with Gasteiger partial charge in [-0.3, -0.25) is 4.90 Å². The van der Waals surface area contributed by atoms with Gasteiger partial charge >= 0.3 is 18.4 Å². The van der Waals surface area contributed by atoms with Crippen molar-refractivity contribution in [1.82, 2.24) is 0 Å². The SMILES string of the molecule is CCOC(=O)N1c2cc(OC)c(OC)cc2[C@@H](C(O)c2cc(C(F)(F)F)cc(C(F)(F)F)c2)C[C@@H]1C. The molecule has 6 nitrogen and oxygen atoms in total. The number of halogens is 6. The first-order valence-corrected chi connectivity index (χ1v) is 10.9. The maximum Gasteiger partial charge on any atom is 0.416 e. The minimum Gasteiger partial charge on any atom is -0.493 e. The van der Waals surface area contributed by atoms with Crippen LogP contribution in [0, 0.1) is 0 Å². The fourth-order valence-electron chi connectivity index (χ4n) is 4.38. The van der Waals surface area contributed by atoms with Crippen molar-refractivity contribution in [2.24, 2.45) is 0 Å². The first-order chi connectivity index (χ1) is 16.7. The second-order valence-corrected chi connectivity index (χ2v) is 8.31. The number of nitrogens with zero attached hydrogens (tertiary/aromatic N) is 1. The summed E-state index contributed by atoms with van der Waals surface area (Å²) in [5.41, 5.74) is -3.11. The third-order valence-electron chi connectivity index (χ3n) is 6.02. The molecule has 0 radical (unpaired) electrons. The summed E-state index contributed by atoms with van der Waals surface area (Å²) >= 11 is 0. The molecule has 2 aromatic carbocycles. The van der Waals surface area contributed by atoms with E-state index in [-0.39, 0.29) is 41.8 Å². The van der Waals surface area contributed by atoms with Gasteiger partial charge in [0.25, 0.3) is 0 Å². The molecule has 1 N–H and O–H groups in total. The Morgan fingerprint density at radius 1 is 1.00 bits per heavy atom. The first-order valence-electron chi connectivity index (χ1n) is 10.9. The van der Waals surface area contributed by atoms with Crippen molar-refractivity contribution in [3.05, 3.63) is 52.6 Å². The molecular weight excluding hydrogens is 496 g/mol. The molecule has 36 heavy (non-hydrogen) atoms. The maximum atomic E-state index is 13.4. The molecule has 1 aliphatic heterocycles. The van der Waals surface area contributed by atoms with E-state index in [1.807, 2.05) is 0 Å². The minimum absolute atomic E-state index is 0.00401. The van der Waals surface area contributed by atoms with Crippen LogP contribution >= 0.6 is 0 Å². The molecule has 1 aliphatic rings. The van der Waals surface area contributed by atoms with Gasteiger partial charge < -0.3 is 19.3 Å². The predicted octanol–water partition coefficient (Wildman–Crippen LogP) is 6.31. The van der Waals surface area contributed by atoms with Crippen LogP contribution in [0.4, 0.5) is 36.8 Å².